The molecule has 29 heavy (non-hydrogen) atoms. The van der Waals surface area contributed by atoms with Gasteiger partial charge in [-0.05, 0) is 37.5 Å². The molecular formula is C23H30O6. The van der Waals surface area contributed by atoms with E-state index < -0.39 is 18.2 Å². The van der Waals surface area contributed by atoms with Crippen molar-refractivity contribution in [1.82, 2.24) is 0 Å². The number of aliphatic hydroxyl groups is 1. The molecule has 6 heteroatoms. The predicted octanol–water partition coefficient (Wildman–Crippen LogP) is 3.35. The molecule has 2 rings (SSSR count). The lowest BCUT2D eigenvalue weighted by molar-refractivity contribution is -0.134. The Kier molecular flexibility index (Phi) is 9.64. The summed E-state index contributed by atoms with van der Waals surface area (Å²) in [6, 6.07) is 7.54. The fourth-order valence-corrected chi connectivity index (χ4v) is 2.86. The van der Waals surface area contributed by atoms with Crippen molar-refractivity contribution in [2.75, 3.05) is 20.8 Å². The molecular weight excluding hydrogens is 372 g/mol. The highest BCUT2D eigenvalue weighted by molar-refractivity contribution is 5.81. The lowest BCUT2D eigenvalue weighted by Gasteiger charge is -2.22. The fraction of sp³-hybridized carbons (Fsp3) is 0.435. The first-order valence-corrected chi connectivity index (χ1v) is 9.64. The summed E-state index contributed by atoms with van der Waals surface area (Å²) >= 11 is 0. The standard InChI is InChI=1S/C23H30O6/c1-17-13-14-28-20(15-17)11-12-21(24)22(5-4-6-23(25)27-3)29-16-18-7-9-19(26-2)10-8-18/h4,6-13,20-22,24H,5,14-16H2,1-3H3/b6-4+,12-11+/t20-,21+,22-/m1/s1. The summed E-state index contributed by atoms with van der Waals surface area (Å²) in [5, 5.41) is 10.6. The van der Waals surface area contributed by atoms with Gasteiger partial charge in [-0.3, -0.25) is 0 Å². The van der Waals surface area contributed by atoms with E-state index in [1.807, 2.05) is 30.3 Å². The van der Waals surface area contributed by atoms with E-state index in [0.29, 0.717) is 19.6 Å². The molecule has 1 aromatic rings. The Hall–Kier alpha value is -2.41. The number of carbonyl (C=O) groups excluding carboxylic acids is 1. The molecule has 3 atom stereocenters. The minimum Gasteiger partial charge on any atom is -0.497 e. The van der Waals surface area contributed by atoms with Gasteiger partial charge in [0.1, 0.15) is 5.75 Å². The van der Waals surface area contributed by atoms with Crippen LogP contribution >= 0.6 is 0 Å². The van der Waals surface area contributed by atoms with Gasteiger partial charge in [0, 0.05) is 6.08 Å². The quantitative estimate of drug-likeness (QED) is 0.368. The maximum absolute atomic E-state index is 11.3. The molecule has 0 unspecified atom stereocenters. The zero-order chi connectivity index (χ0) is 21.1. The third-order valence-corrected chi connectivity index (χ3v) is 4.62. The van der Waals surface area contributed by atoms with E-state index in [1.165, 1.54) is 18.8 Å². The van der Waals surface area contributed by atoms with Gasteiger partial charge in [0.15, 0.2) is 0 Å². The summed E-state index contributed by atoms with van der Waals surface area (Å²) in [5.41, 5.74) is 2.23. The van der Waals surface area contributed by atoms with Crippen LogP contribution in [0.1, 0.15) is 25.3 Å². The number of esters is 1. The molecule has 0 amide bonds. The number of rotatable bonds is 10. The Morgan fingerprint density at radius 1 is 1.31 bits per heavy atom. The minimum atomic E-state index is -0.842. The van der Waals surface area contributed by atoms with E-state index in [0.717, 1.165) is 17.7 Å². The first-order chi connectivity index (χ1) is 14.0. The van der Waals surface area contributed by atoms with E-state index in [9.17, 15) is 9.90 Å². The average molecular weight is 402 g/mol. The molecule has 0 spiro atoms. The van der Waals surface area contributed by atoms with E-state index >= 15 is 0 Å². The van der Waals surface area contributed by atoms with Gasteiger partial charge in [0.25, 0.3) is 0 Å². The molecule has 1 N–H and O–H groups in total. The molecule has 0 aliphatic carbocycles. The van der Waals surface area contributed by atoms with Gasteiger partial charge < -0.3 is 24.1 Å². The second kappa shape index (κ2) is 12.2. The molecule has 1 aromatic carbocycles. The van der Waals surface area contributed by atoms with Crippen LogP contribution in [0, 0.1) is 0 Å². The zero-order valence-electron chi connectivity index (χ0n) is 17.2. The third kappa shape index (κ3) is 8.23. The van der Waals surface area contributed by atoms with Gasteiger partial charge in [-0.25, -0.2) is 4.79 Å². The molecule has 0 aromatic heterocycles. The predicted molar refractivity (Wildman–Crippen MR) is 111 cm³/mol. The van der Waals surface area contributed by atoms with Gasteiger partial charge in [-0.2, -0.15) is 0 Å². The topological polar surface area (TPSA) is 74.2 Å². The Labute approximate surface area is 172 Å². The monoisotopic (exact) mass is 402 g/mol. The summed E-state index contributed by atoms with van der Waals surface area (Å²) in [5.74, 6) is 0.327. The largest absolute Gasteiger partial charge is 0.497 e. The minimum absolute atomic E-state index is 0.0532. The highest BCUT2D eigenvalue weighted by Gasteiger charge is 2.18. The SMILES string of the molecule is COC(=O)/C=C/C[C@@H](OCc1ccc(OC)cc1)[C@@H](O)/C=C/[C@@H]1CC(C)=CCO1. The number of carbonyl (C=O) groups is 1. The van der Waals surface area contributed by atoms with E-state index in [2.05, 4.69) is 17.7 Å². The summed E-state index contributed by atoms with van der Waals surface area (Å²) in [6.07, 6.45) is 8.36. The number of hydrogen-bond donors (Lipinski definition) is 1. The number of ether oxygens (including phenoxy) is 4. The van der Waals surface area contributed by atoms with Crippen LogP contribution in [0.2, 0.25) is 0 Å². The van der Waals surface area contributed by atoms with Crippen LogP contribution in [0.5, 0.6) is 5.75 Å². The molecule has 158 valence electrons. The van der Waals surface area contributed by atoms with Crippen LogP contribution in [0.3, 0.4) is 0 Å². The van der Waals surface area contributed by atoms with Crippen LogP contribution in [0.25, 0.3) is 0 Å². The number of hydrogen-bond acceptors (Lipinski definition) is 6. The maximum atomic E-state index is 11.3. The molecule has 6 nitrogen and oxygen atoms in total. The van der Waals surface area contributed by atoms with Crippen molar-refractivity contribution in [3.63, 3.8) is 0 Å². The van der Waals surface area contributed by atoms with Gasteiger partial charge >= 0.3 is 5.97 Å². The van der Waals surface area contributed by atoms with Crippen molar-refractivity contribution < 1.29 is 28.8 Å². The van der Waals surface area contributed by atoms with Crippen molar-refractivity contribution >= 4 is 5.97 Å². The van der Waals surface area contributed by atoms with Gasteiger partial charge in [0.2, 0.25) is 0 Å². The van der Waals surface area contributed by atoms with Crippen molar-refractivity contribution in [2.45, 2.75) is 44.7 Å². The second-order valence-electron chi connectivity index (χ2n) is 6.86. The Balaban J connectivity index is 1.99. The van der Waals surface area contributed by atoms with E-state index in [-0.39, 0.29) is 6.10 Å². The number of benzene rings is 1. The smallest absolute Gasteiger partial charge is 0.330 e. The Bertz CT molecular complexity index is 719. The lowest BCUT2D eigenvalue weighted by atomic mass is 10.0. The van der Waals surface area contributed by atoms with E-state index in [1.54, 1.807) is 19.3 Å². The Morgan fingerprint density at radius 3 is 2.72 bits per heavy atom. The fourth-order valence-electron chi connectivity index (χ4n) is 2.86. The highest BCUT2D eigenvalue weighted by atomic mass is 16.5. The molecule has 1 heterocycles. The summed E-state index contributed by atoms with van der Waals surface area (Å²) < 4.78 is 21.4. The maximum Gasteiger partial charge on any atom is 0.330 e. The first kappa shape index (κ1) is 22.9. The molecule has 0 radical (unpaired) electrons. The van der Waals surface area contributed by atoms with E-state index in [4.69, 9.17) is 14.2 Å². The number of methoxy groups -OCH3 is 2. The van der Waals surface area contributed by atoms with Crippen LogP contribution < -0.4 is 4.74 Å². The van der Waals surface area contributed by atoms with Crippen molar-refractivity contribution in [3.05, 3.63) is 65.8 Å². The van der Waals surface area contributed by atoms with Crippen LogP contribution in [-0.2, 0) is 25.6 Å². The molecule has 0 fully saturated rings. The first-order valence-electron chi connectivity index (χ1n) is 9.64. The average Bonchev–Trinajstić information content (AvgIpc) is 2.74. The van der Waals surface area contributed by atoms with Crippen LogP contribution in [0.4, 0.5) is 0 Å². The molecule has 0 saturated carbocycles. The van der Waals surface area contributed by atoms with Crippen molar-refractivity contribution in [3.8, 4) is 5.75 Å². The summed E-state index contributed by atoms with van der Waals surface area (Å²) in [7, 11) is 2.94. The third-order valence-electron chi connectivity index (χ3n) is 4.62. The number of aliphatic hydroxyl groups excluding tert-OH is 1. The molecule has 0 saturated heterocycles. The van der Waals surface area contributed by atoms with Gasteiger partial charge in [-0.15, -0.1) is 0 Å². The second-order valence-corrected chi connectivity index (χ2v) is 6.86. The Morgan fingerprint density at radius 2 is 2.07 bits per heavy atom. The van der Waals surface area contributed by atoms with Crippen LogP contribution in [-0.4, -0.2) is 50.2 Å². The summed E-state index contributed by atoms with van der Waals surface area (Å²) in [6.45, 7) is 2.97. The van der Waals surface area contributed by atoms with Crippen molar-refractivity contribution in [1.29, 1.82) is 0 Å². The molecule has 1 aliphatic heterocycles. The van der Waals surface area contributed by atoms with Crippen LogP contribution in [0.15, 0.2) is 60.2 Å². The normalized spacial score (nSPS) is 19.2. The van der Waals surface area contributed by atoms with Gasteiger partial charge in [0.05, 0.1) is 45.7 Å². The summed E-state index contributed by atoms with van der Waals surface area (Å²) in [4.78, 5) is 11.3. The zero-order valence-corrected chi connectivity index (χ0v) is 17.2. The molecule has 0 bridgehead atoms. The van der Waals surface area contributed by atoms with Crippen molar-refractivity contribution in [2.24, 2.45) is 0 Å². The van der Waals surface area contributed by atoms with Gasteiger partial charge in [-0.1, -0.05) is 42.0 Å². The highest BCUT2D eigenvalue weighted by Crippen LogP contribution is 2.18. The molecule has 1 aliphatic rings. The lowest BCUT2D eigenvalue weighted by Crippen LogP contribution is -2.27.